The summed E-state index contributed by atoms with van der Waals surface area (Å²) in [7, 11) is 0. The molecule has 0 radical (unpaired) electrons. The van der Waals surface area contributed by atoms with Gasteiger partial charge >= 0.3 is 0 Å². The lowest BCUT2D eigenvalue weighted by molar-refractivity contribution is 0.741. The average molecular weight is 268 g/mol. The molecular formula is C16H20N4. The van der Waals surface area contributed by atoms with Crippen molar-refractivity contribution in [3.63, 3.8) is 0 Å². The van der Waals surface area contributed by atoms with Gasteiger partial charge in [-0.3, -0.25) is 0 Å². The summed E-state index contributed by atoms with van der Waals surface area (Å²) in [5, 5.41) is 0. The van der Waals surface area contributed by atoms with E-state index in [0.29, 0.717) is 0 Å². The van der Waals surface area contributed by atoms with Crippen molar-refractivity contribution >= 4 is 5.82 Å². The minimum atomic E-state index is -0.0100. The van der Waals surface area contributed by atoms with E-state index >= 15 is 0 Å². The van der Waals surface area contributed by atoms with E-state index in [2.05, 4.69) is 41.6 Å². The topological polar surface area (TPSA) is 63.8 Å². The summed E-state index contributed by atoms with van der Waals surface area (Å²) >= 11 is 0. The highest BCUT2D eigenvalue weighted by Crippen LogP contribution is 2.52. The molecule has 0 amide bonds. The van der Waals surface area contributed by atoms with Crippen LogP contribution in [-0.2, 0) is 11.8 Å². The minimum Gasteiger partial charge on any atom is -0.308 e. The van der Waals surface area contributed by atoms with Crippen molar-refractivity contribution < 1.29 is 0 Å². The second-order valence-corrected chi connectivity index (χ2v) is 5.41. The number of nitrogens with two attached hydrogens (primary N) is 1. The highest BCUT2D eigenvalue weighted by Gasteiger charge is 2.48. The Kier molecular flexibility index (Phi) is 3.18. The van der Waals surface area contributed by atoms with Crippen molar-refractivity contribution in [2.45, 2.75) is 38.5 Å². The molecule has 0 spiro atoms. The van der Waals surface area contributed by atoms with Crippen LogP contribution in [0.3, 0.4) is 0 Å². The Morgan fingerprint density at radius 1 is 1.20 bits per heavy atom. The van der Waals surface area contributed by atoms with E-state index in [1.54, 1.807) is 0 Å². The van der Waals surface area contributed by atoms with Crippen molar-refractivity contribution in [2.24, 2.45) is 5.84 Å². The van der Waals surface area contributed by atoms with Gasteiger partial charge in [-0.05, 0) is 31.7 Å². The van der Waals surface area contributed by atoms with Crippen LogP contribution < -0.4 is 11.3 Å². The first kappa shape index (κ1) is 13.1. The highest BCUT2D eigenvalue weighted by atomic mass is 15.3. The number of hydrazine groups is 1. The van der Waals surface area contributed by atoms with Crippen LogP contribution in [0.25, 0.3) is 0 Å². The Hall–Kier alpha value is -1.94. The quantitative estimate of drug-likeness (QED) is 0.661. The second-order valence-electron chi connectivity index (χ2n) is 5.41. The van der Waals surface area contributed by atoms with Crippen LogP contribution in [0.1, 0.15) is 42.4 Å². The Labute approximate surface area is 119 Å². The maximum absolute atomic E-state index is 5.63. The minimum absolute atomic E-state index is 0.0100. The molecule has 0 aliphatic heterocycles. The van der Waals surface area contributed by atoms with E-state index in [4.69, 9.17) is 10.8 Å². The van der Waals surface area contributed by atoms with Gasteiger partial charge in [-0.25, -0.2) is 15.8 Å². The van der Waals surface area contributed by atoms with Crippen LogP contribution in [0.2, 0.25) is 0 Å². The number of rotatable bonds is 4. The van der Waals surface area contributed by atoms with Crippen molar-refractivity contribution in [1.82, 2.24) is 9.97 Å². The Bertz CT molecular complexity index is 618. The number of aromatic nitrogens is 2. The molecule has 1 aromatic carbocycles. The molecule has 4 nitrogen and oxygen atoms in total. The lowest BCUT2D eigenvalue weighted by Gasteiger charge is -2.18. The van der Waals surface area contributed by atoms with Gasteiger partial charge in [0.25, 0.3) is 0 Å². The Balaban J connectivity index is 2.09. The molecule has 1 aromatic heterocycles. The normalized spacial score (nSPS) is 15.9. The van der Waals surface area contributed by atoms with Gasteiger partial charge in [0.15, 0.2) is 0 Å². The third-order valence-corrected chi connectivity index (χ3v) is 4.21. The van der Waals surface area contributed by atoms with E-state index in [9.17, 15) is 0 Å². The first-order chi connectivity index (χ1) is 9.71. The smallest absolute Gasteiger partial charge is 0.147 e. The van der Waals surface area contributed by atoms with Gasteiger partial charge in [-0.1, -0.05) is 37.3 Å². The number of hydrogen-bond acceptors (Lipinski definition) is 4. The van der Waals surface area contributed by atoms with E-state index in [1.165, 1.54) is 5.56 Å². The largest absolute Gasteiger partial charge is 0.308 e. The summed E-state index contributed by atoms with van der Waals surface area (Å²) in [5.74, 6) is 7.28. The predicted molar refractivity (Wildman–Crippen MR) is 80.4 cm³/mol. The molecule has 1 saturated carbocycles. The zero-order valence-electron chi connectivity index (χ0n) is 12.0. The number of hydrogen-bond donors (Lipinski definition) is 2. The van der Waals surface area contributed by atoms with E-state index in [-0.39, 0.29) is 5.41 Å². The maximum atomic E-state index is 5.63. The summed E-state index contributed by atoms with van der Waals surface area (Å²) in [4.78, 5) is 9.44. The summed E-state index contributed by atoms with van der Waals surface area (Å²) in [6.07, 6.45) is 3.09. The molecule has 0 unspecified atom stereocenters. The summed E-state index contributed by atoms with van der Waals surface area (Å²) in [6, 6.07) is 10.5. The molecule has 1 heterocycles. The van der Waals surface area contributed by atoms with Gasteiger partial charge in [0.2, 0.25) is 0 Å². The molecule has 3 N–H and O–H groups in total. The first-order valence-electron chi connectivity index (χ1n) is 7.11. The van der Waals surface area contributed by atoms with E-state index < -0.39 is 0 Å². The summed E-state index contributed by atoms with van der Waals surface area (Å²) in [6.45, 7) is 4.13. The molecule has 4 heteroatoms. The molecule has 104 valence electrons. The fourth-order valence-electron chi connectivity index (χ4n) is 2.88. The maximum Gasteiger partial charge on any atom is 0.147 e. The van der Waals surface area contributed by atoms with Crippen molar-refractivity contribution in [1.29, 1.82) is 0 Å². The van der Waals surface area contributed by atoms with Gasteiger partial charge in [0.1, 0.15) is 11.6 Å². The summed E-state index contributed by atoms with van der Waals surface area (Å²) < 4.78 is 0. The molecule has 3 rings (SSSR count). The Morgan fingerprint density at radius 3 is 2.45 bits per heavy atom. The van der Waals surface area contributed by atoms with Crippen molar-refractivity contribution in [2.75, 3.05) is 5.43 Å². The van der Waals surface area contributed by atoms with E-state index in [0.717, 1.165) is 42.2 Å². The Morgan fingerprint density at radius 2 is 1.90 bits per heavy atom. The first-order valence-corrected chi connectivity index (χ1v) is 7.11. The van der Waals surface area contributed by atoms with E-state index in [1.807, 2.05) is 13.0 Å². The van der Waals surface area contributed by atoms with Gasteiger partial charge in [0, 0.05) is 11.3 Å². The van der Waals surface area contributed by atoms with Gasteiger partial charge < -0.3 is 5.43 Å². The fourth-order valence-corrected chi connectivity index (χ4v) is 2.88. The van der Waals surface area contributed by atoms with Gasteiger partial charge in [-0.15, -0.1) is 0 Å². The molecular weight excluding hydrogens is 248 g/mol. The zero-order valence-corrected chi connectivity index (χ0v) is 12.0. The molecule has 0 atom stereocenters. The van der Waals surface area contributed by atoms with Crippen LogP contribution in [0.15, 0.2) is 30.3 Å². The number of benzene rings is 1. The number of anilines is 1. The molecule has 0 saturated heterocycles. The SMILES string of the molecule is CCc1c(C)nc(C2(c3ccccc3)CC2)nc1NN. The third kappa shape index (κ3) is 1.96. The molecule has 1 aliphatic rings. The molecule has 1 aliphatic carbocycles. The third-order valence-electron chi connectivity index (χ3n) is 4.21. The number of nitrogens with zero attached hydrogens (tertiary/aromatic N) is 2. The summed E-state index contributed by atoms with van der Waals surface area (Å²) in [5.41, 5.74) is 6.13. The number of nitrogen functional groups attached to an aromatic ring is 1. The molecule has 20 heavy (non-hydrogen) atoms. The lowest BCUT2D eigenvalue weighted by atomic mass is 9.94. The standard InChI is InChI=1S/C16H20N4/c1-3-13-11(2)18-15(19-14(13)20-17)16(9-10-16)12-7-5-4-6-8-12/h4-8H,3,9-10,17H2,1-2H3,(H,18,19,20). The van der Waals surface area contributed by atoms with Crippen LogP contribution in [0.5, 0.6) is 0 Å². The average Bonchev–Trinajstić information content (AvgIpc) is 3.29. The number of nitrogens with one attached hydrogen (secondary N) is 1. The molecule has 0 bridgehead atoms. The van der Waals surface area contributed by atoms with Crippen molar-refractivity contribution in [3.8, 4) is 0 Å². The van der Waals surface area contributed by atoms with Crippen molar-refractivity contribution in [3.05, 3.63) is 53.0 Å². The zero-order chi connectivity index (χ0) is 14.2. The number of aryl methyl sites for hydroxylation is 1. The fraction of sp³-hybridized carbons (Fsp3) is 0.375. The van der Waals surface area contributed by atoms with Crippen LogP contribution in [0.4, 0.5) is 5.82 Å². The lowest BCUT2D eigenvalue weighted by Crippen LogP contribution is -2.19. The monoisotopic (exact) mass is 268 g/mol. The predicted octanol–water partition coefficient (Wildman–Crippen LogP) is 2.71. The highest BCUT2D eigenvalue weighted by molar-refractivity contribution is 5.49. The molecule has 2 aromatic rings. The van der Waals surface area contributed by atoms with Gasteiger partial charge in [0.05, 0.1) is 5.41 Å². The van der Waals surface area contributed by atoms with Crippen LogP contribution in [0, 0.1) is 6.92 Å². The second kappa shape index (κ2) is 4.87. The van der Waals surface area contributed by atoms with Crippen LogP contribution >= 0.6 is 0 Å². The van der Waals surface area contributed by atoms with Gasteiger partial charge in [-0.2, -0.15) is 0 Å². The van der Waals surface area contributed by atoms with Crippen LogP contribution in [-0.4, -0.2) is 9.97 Å². The molecule has 1 fully saturated rings.